The number of aliphatic imine (C=N–C) groups is 3. The predicted molar refractivity (Wildman–Crippen MR) is 248 cm³/mol. The molecule has 3 aliphatic rings. The number of nitrogens with zero attached hydrogens (tertiary/aromatic N) is 3. The SMILES string of the molecule is CC(=O)Oc1c(Br)cc(/C=C2\N=C(c3cc(C4=N/C(=C/c5cc(Br)c(OC(C)=O)c(Br)c5)C(=O)O4)cc(C4=N/C(=C/c5cc(Br)c(OC(C)=O)c(Br)c5)C(=O)O4)c3)OC2=O)cc1Br. The van der Waals surface area contributed by atoms with Crippen LogP contribution >= 0.6 is 95.6 Å². The molecular weight excluding hydrogens is 1220 g/mol. The average Bonchev–Trinajstić information content (AvgIpc) is 3.87. The Labute approximate surface area is 406 Å². The van der Waals surface area contributed by atoms with Crippen molar-refractivity contribution in [3.05, 3.63) is 132 Å². The van der Waals surface area contributed by atoms with Crippen LogP contribution in [0.25, 0.3) is 18.2 Å². The molecule has 0 unspecified atom stereocenters. The summed E-state index contributed by atoms with van der Waals surface area (Å²) in [5.74, 6) is -3.74. The summed E-state index contributed by atoms with van der Waals surface area (Å²) in [5, 5.41) is 0. The zero-order valence-electron chi connectivity index (χ0n) is 31.9. The lowest BCUT2D eigenvalue weighted by atomic mass is 10.0. The second kappa shape index (κ2) is 18.9. The second-order valence-electron chi connectivity index (χ2n) is 13.0. The highest BCUT2D eigenvalue weighted by atomic mass is 79.9. The number of carbonyl (C=O) groups excluding carboxylic acids is 6. The number of benzene rings is 4. The summed E-state index contributed by atoms with van der Waals surface area (Å²) in [7, 11) is 0. The quantitative estimate of drug-likeness (QED) is 0.0667. The van der Waals surface area contributed by atoms with Crippen molar-refractivity contribution in [2.75, 3.05) is 0 Å². The standard InChI is InChI=1S/C42H21Br6N3O12/c1-16(52)58-34-25(43)4-19(5-26(34)44)10-31-40(55)61-37(49-31)22-13-23(38-50-32(41(56)62-38)11-20-6-27(45)35(28(46)7-20)59-17(2)53)15-24(14-22)39-51-33(42(57)63-39)12-21-8-29(47)36(30(48)9-21)60-18(3)54/h4-15H,1-3H3/b31-10-,32-11+,33-12+. The number of halogens is 6. The molecule has 0 amide bonds. The molecule has 3 heterocycles. The van der Waals surface area contributed by atoms with E-state index in [9.17, 15) is 28.8 Å². The third-order valence-corrected chi connectivity index (χ3v) is 11.8. The van der Waals surface area contributed by atoms with Gasteiger partial charge in [0.15, 0.2) is 34.3 Å². The Morgan fingerprint density at radius 3 is 0.857 bits per heavy atom. The highest BCUT2D eigenvalue weighted by Gasteiger charge is 2.31. The Bertz CT molecular complexity index is 2580. The van der Waals surface area contributed by atoms with Crippen molar-refractivity contribution in [3.8, 4) is 17.2 Å². The molecular formula is C42H21Br6N3O12. The van der Waals surface area contributed by atoms with Gasteiger partial charge in [-0.1, -0.05) is 0 Å². The maximum atomic E-state index is 13.2. The fourth-order valence-corrected chi connectivity index (χ4v) is 9.93. The van der Waals surface area contributed by atoms with Gasteiger partial charge in [0, 0.05) is 37.5 Å². The highest BCUT2D eigenvalue weighted by molar-refractivity contribution is 9.12. The molecule has 0 radical (unpaired) electrons. The predicted octanol–water partition coefficient (Wildman–Crippen LogP) is 10.1. The monoisotopic (exact) mass is 1230 g/mol. The molecule has 4 aromatic rings. The molecule has 15 nitrogen and oxygen atoms in total. The van der Waals surface area contributed by atoms with Crippen LogP contribution in [0.15, 0.2) is 114 Å². The number of carbonyl (C=O) groups is 6. The summed E-state index contributed by atoms with van der Waals surface area (Å²) < 4.78 is 35.1. The van der Waals surface area contributed by atoms with Crippen LogP contribution < -0.4 is 14.2 Å². The minimum Gasteiger partial charge on any atom is -0.424 e. The maximum absolute atomic E-state index is 13.2. The van der Waals surface area contributed by atoms with Crippen LogP contribution in [-0.4, -0.2) is 53.5 Å². The van der Waals surface area contributed by atoms with E-state index in [2.05, 4.69) is 111 Å². The van der Waals surface area contributed by atoms with Crippen LogP contribution in [-0.2, 0) is 43.0 Å². The highest BCUT2D eigenvalue weighted by Crippen LogP contribution is 2.39. The second-order valence-corrected chi connectivity index (χ2v) is 18.2. The van der Waals surface area contributed by atoms with Crippen molar-refractivity contribution in [3.63, 3.8) is 0 Å². The molecule has 63 heavy (non-hydrogen) atoms. The topological polar surface area (TPSA) is 195 Å². The largest absolute Gasteiger partial charge is 0.424 e. The summed E-state index contributed by atoms with van der Waals surface area (Å²) in [6.45, 7) is 3.79. The van der Waals surface area contributed by atoms with Gasteiger partial charge < -0.3 is 28.4 Å². The van der Waals surface area contributed by atoms with Gasteiger partial charge in [-0.3, -0.25) is 14.4 Å². The van der Waals surface area contributed by atoms with Gasteiger partial charge in [0.2, 0.25) is 17.7 Å². The van der Waals surface area contributed by atoms with Crippen LogP contribution in [0.3, 0.4) is 0 Å². The van der Waals surface area contributed by atoms with Gasteiger partial charge in [-0.2, -0.15) is 0 Å². The molecule has 0 bridgehead atoms. The van der Waals surface area contributed by atoms with Crippen LogP contribution in [0.5, 0.6) is 17.2 Å². The number of rotatable bonds is 9. The zero-order chi connectivity index (χ0) is 45.4. The van der Waals surface area contributed by atoms with Crippen LogP contribution in [0, 0.1) is 0 Å². The van der Waals surface area contributed by atoms with Crippen LogP contribution in [0.1, 0.15) is 54.2 Å². The third kappa shape index (κ3) is 10.6. The van der Waals surface area contributed by atoms with E-state index in [4.69, 9.17) is 28.4 Å². The van der Waals surface area contributed by atoms with Gasteiger partial charge >= 0.3 is 35.8 Å². The Balaban J connectivity index is 1.30. The first-order chi connectivity index (χ1) is 29.8. The number of ether oxygens (including phenoxy) is 6. The van der Waals surface area contributed by atoms with Crippen molar-refractivity contribution < 1.29 is 57.2 Å². The Morgan fingerprint density at radius 2 is 0.651 bits per heavy atom. The van der Waals surface area contributed by atoms with E-state index >= 15 is 0 Å². The molecule has 4 aromatic carbocycles. The first kappa shape index (κ1) is 45.8. The number of esters is 6. The lowest BCUT2D eigenvalue weighted by Crippen LogP contribution is -2.13. The Hall–Kier alpha value is -5.19. The van der Waals surface area contributed by atoms with E-state index in [1.807, 2.05) is 0 Å². The molecule has 318 valence electrons. The van der Waals surface area contributed by atoms with E-state index < -0.39 is 35.8 Å². The average molecular weight is 1240 g/mol. The molecule has 0 spiro atoms. The summed E-state index contributed by atoms with van der Waals surface area (Å²) in [6, 6.07) is 14.2. The molecule has 0 aromatic heterocycles. The Kier molecular flexibility index (Phi) is 13.7. The van der Waals surface area contributed by atoms with E-state index in [1.165, 1.54) is 57.2 Å². The molecule has 0 saturated heterocycles. The van der Waals surface area contributed by atoms with Gasteiger partial charge in [0.25, 0.3) is 0 Å². The molecule has 21 heteroatoms. The Morgan fingerprint density at radius 1 is 0.429 bits per heavy atom. The van der Waals surface area contributed by atoms with Gasteiger partial charge in [0.1, 0.15) is 0 Å². The van der Waals surface area contributed by atoms with E-state index in [1.54, 1.807) is 36.4 Å². The van der Waals surface area contributed by atoms with E-state index in [-0.39, 0.29) is 68.7 Å². The fourth-order valence-electron chi connectivity index (χ4n) is 5.78. The lowest BCUT2D eigenvalue weighted by molar-refractivity contribution is -0.132. The number of hydrogen-bond acceptors (Lipinski definition) is 15. The number of hydrogen-bond donors (Lipinski definition) is 0. The maximum Gasteiger partial charge on any atom is 0.363 e. The molecule has 0 atom stereocenters. The summed E-state index contributed by atoms with van der Waals surface area (Å²) >= 11 is 20.3. The molecule has 7 rings (SSSR count). The van der Waals surface area contributed by atoms with Crippen molar-refractivity contribution in [1.82, 2.24) is 0 Å². The fraction of sp³-hybridized carbons (Fsp3) is 0.0714. The normalized spacial score (nSPS) is 16.4. The third-order valence-electron chi connectivity index (χ3n) is 8.24. The molecule has 0 saturated carbocycles. The first-order valence-corrected chi connectivity index (χ1v) is 22.3. The molecule has 0 N–H and O–H groups in total. The molecule has 3 aliphatic heterocycles. The first-order valence-electron chi connectivity index (χ1n) is 17.6. The van der Waals surface area contributed by atoms with Crippen LogP contribution in [0.4, 0.5) is 0 Å². The minimum absolute atomic E-state index is 0.0882. The van der Waals surface area contributed by atoms with Gasteiger partial charge in [-0.15, -0.1) is 0 Å². The van der Waals surface area contributed by atoms with Crippen molar-refractivity contribution in [1.29, 1.82) is 0 Å². The minimum atomic E-state index is -0.799. The van der Waals surface area contributed by atoms with E-state index in [0.717, 1.165) is 0 Å². The zero-order valence-corrected chi connectivity index (χ0v) is 41.5. The van der Waals surface area contributed by atoms with Crippen LogP contribution in [0.2, 0.25) is 0 Å². The molecule has 0 aliphatic carbocycles. The summed E-state index contributed by atoms with van der Waals surface area (Å²) in [5.41, 5.74) is 1.77. The van der Waals surface area contributed by atoms with E-state index in [0.29, 0.717) is 43.5 Å². The van der Waals surface area contributed by atoms with Gasteiger partial charge in [-0.05, 0) is 185 Å². The summed E-state index contributed by atoms with van der Waals surface area (Å²) in [4.78, 5) is 87.8. The summed E-state index contributed by atoms with van der Waals surface area (Å²) in [6.07, 6.45) is 4.37. The lowest BCUT2D eigenvalue weighted by Gasteiger charge is -2.08. The number of cyclic esters (lactones) is 3. The smallest absolute Gasteiger partial charge is 0.363 e. The van der Waals surface area contributed by atoms with Crippen molar-refractivity contribution in [2.24, 2.45) is 15.0 Å². The van der Waals surface area contributed by atoms with Gasteiger partial charge in [0.05, 0.1) is 26.8 Å². The van der Waals surface area contributed by atoms with Gasteiger partial charge in [-0.25, -0.2) is 29.4 Å². The van der Waals surface area contributed by atoms with Crippen molar-refractivity contribution >= 4 is 167 Å². The van der Waals surface area contributed by atoms with Crippen molar-refractivity contribution in [2.45, 2.75) is 20.8 Å². The molecule has 0 fully saturated rings.